The molecule has 3 rings (SSSR count). The van der Waals surface area contributed by atoms with E-state index in [1.54, 1.807) is 29.2 Å². The van der Waals surface area contributed by atoms with Gasteiger partial charge in [-0.05, 0) is 25.0 Å². The van der Waals surface area contributed by atoms with E-state index in [0.29, 0.717) is 43.3 Å². The van der Waals surface area contributed by atoms with Gasteiger partial charge in [0.1, 0.15) is 0 Å². The maximum absolute atomic E-state index is 12.4. The van der Waals surface area contributed by atoms with Crippen molar-refractivity contribution in [2.24, 2.45) is 0 Å². The minimum Gasteiger partial charge on any atom is -0.351 e. The third kappa shape index (κ3) is 5.45. The van der Waals surface area contributed by atoms with Crippen LogP contribution >= 0.6 is 11.6 Å². The first-order valence-corrected chi connectivity index (χ1v) is 10.2. The van der Waals surface area contributed by atoms with Crippen LogP contribution in [0.1, 0.15) is 29.6 Å². The zero-order valence-electron chi connectivity index (χ0n) is 16.0. The van der Waals surface area contributed by atoms with Crippen LogP contribution < -0.4 is 5.32 Å². The van der Waals surface area contributed by atoms with Gasteiger partial charge < -0.3 is 15.1 Å². The van der Waals surface area contributed by atoms with Gasteiger partial charge in [-0.3, -0.25) is 19.3 Å². The molecule has 0 aromatic heterocycles. The van der Waals surface area contributed by atoms with Crippen LogP contribution in [0.3, 0.4) is 0 Å². The first kappa shape index (κ1) is 20.6. The number of carbonyl (C=O) groups is 3. The number of likely N-dealkylation sites (tertiary alicyclic amines) is 1. The Morgan fingerprint density at radius 3 is 2.21 bits per heavy atom. The Morgan fingerprint density at radius 2 is 1.54 bits per heavy atom. The van der Waals surface area contributed by atoms with E-state index in [2.05, 4.69) is 10.2 Å². The maximum Gasteiger partial charge on any atom is 0.252 e. The number of rotatable bonds is 6. The summed E-state index contributed by atoms with van der Waals surface area (Å²) in [4.78, 5) is 42.6. The van der Waals surface area contributed by atoms with Gasteiger partial charge in [-0.1, -0.05) is 23.7 Å². The summed E-state index contributed by atoms with van der Waals surface area (Å²) in [7, 11) is 0. The van der Waals surface area contributed by atoms with Gasteiger partial charge in [-0.15, -0.1) is 0 Å². The number of benzene rings is 1. The highest BCUT2D eigenvalue weighted by atomic mass is 35.5. The van der Waals surface area contributed by atoms with E-state index in [1.807, 2.05) is 4.90 Å². The average Bonchev–Trinajstić information content (AvgIpc) is 3.23. The van der Waals surface area contributed by atoms with Crippen molar-refractivity contribution in [3.8, 4) is 0 Å². The van der Waals surface area contributed by atoms with Crippen LogP contribution in [0.15, 0.2) is 24.3 Å². The van der Waals surface area contributed by atoms with Crippen LogP contribution in [-0.4, -0.2) is 84.8 Å². The maximum atomic E-state index is 12.4. The lowest BCUT2D eigenvalue weighted by Gasteiger charge is -2.35. The van der Waals surface area contributed by atoms with Crippen LogP contribution in [0, 0.1) is 0 Å². The molecule has 2 saturated heterocycles. The lowest BCUT2D eigenvalue weighted by Crippen LogP contribution is -2.51. The molecule has 0 atom stereocenters. The number of hydrogen-bond acceptors (Lipinski definition) is 4. The van der Waals surface area contributed by atoms with Crippen LogP contribution in [0.25, 0.3) is 0 Å². The lowest BCUT2D eigenvalue weighted by atomic mass is 10.2. The number of nitrogens with zero attached hydrogens (tertiary/aromatic N) is 3. The van der Waals surface area contributed by atoms with E-state index in [1.165, 1.54) is 0 Å². The summed E-state index contributed by atoms with van der Waals surface area (Å²) in [6.45, 7) is 5.10. The summed E-state index contributed by atoms with van der Waals surface area (Å²) in [5.41, 5.74) is 0.410. The molecule has 0 spiro atoms. The Labute approximate surface area is 170 Å². The molecule has 2 fully saturated rings. The molecule has 7 nitrogen and oxygen atoms in total. The topological polar surface area (TPSA) is 73.0 Å². The summed E-state index contributed by atoms with van der Waals surface area (Å²) >= 11 is 6.01. The van der Waals surface area contributed by atoms with Crippen molar-refractivity contribution in [3.05, 3.63) is 34.9 Å². The van der Waals surface area contributed by atoms with Crippen molar-refractivity contribution >= 4 is 29.3 Å². The van der Waals surface area contributed by atoms with E-state index in [9.17, 15) is 14.4 Å². The molecular weight excluding hydrogens is 380 g/mol. The van der Waals surface area contributed by atoms with Gasteiger partial charge >= 0.3 is 0 Å². The zero-order valence-corrected chi connectivity index (χ0v) is 16.8. The van der Waals surface area contributed by atoms with Crippen LogP contribution in [-0.2, 0) is 9.59 Å². The summed E-state index contributed by atoms with van der Waals surface area (Å²) in [5.74, 6) is -0.0619. The van der Waals surface area contributed by atoms with E-state index in [-0.39, 0.29) is 30.7 Å². The normalized spacial score (nSPS) is 17.6. The number of nitrogens with one attached hydrogen (secondary N) is 1. The smallest absolute Gasteiger partial charge is 0.252 e. The molecule has 2 heterocycles. The van der Waals surface area contributed by atoms with Gasteiger partial charge in [-0.25, -0.2) is 0 Å². The van der Waals surface area contributed by atoms with E-state index in [0.717, 1.165) is 25.9 Å². The van der Waals surface area contributed by atoms with Gasteiger partial charge in [-0.2, -0.15) is 0 Å². The SMILES string of the molecule is O=C(NCCC(=O)N1CCN(CC(=O)N2CCCC2)CC1)c1ccccc1Cl. The predicted molar refractivity (Wildman–Crippen MR) is 107 cm³/mol. The number of hydrogen-bond donors (Lipinski definition) is 1. The Hall–Kier alpha value is -2.12. The average molecular weight is 407 g/mol. The summed E-state index contributed by atoms with van der Waals surface area (Å²) in [6, 6.07) is 6.83. The van der Waals surface area contributed by atoms with Crippen molar-refractivity contribution < 1.29 is 14.4 Å². The molecule has 2 aliphatic rings. The first-order valence-electron chi connectivity index (χ1n) is 9.85. The number of carbonyl (C=O) groups excluding carboxylic acids is 3. The van der Waals surface area contributed by atoms with Crippen molar-refractivity contribution in [2.45, 2.75) is 19.3 Å². The van der Waals surface area contributed by atoms with Gasteiger partial charge in [0.2, 0.25) is 11.8 Å². The summed E-state index contributed by atoms with van der Waals surface area (Å²) in [6.07, 6.45) is 2.45. The molecule has 1 aromatic rings. The Balaban J connectivity index is 1.35. The monoisotopic (exact) mass is 406 g/mol. The second-order valence-corrected chi connectivity index (χ2v) is 7.64. The largest absolute Gasteiger partial charge is 0.351 e. The quantitative estimate of drug-likeness (QED) is 0.771. The number of halogens is 1. The highest BCUT2D eigenvalue weighted by molar-refractivity contribution is 6.33. The molecule has 3 amide bonds. The van der Waals surface area contributed by atoms with Crippen LogP contribution in [0.5, 0.6) is 0 Å². The fourth-order valence-corrected chi connectivity index (χ4v) is 3.82. The second-order valence-electron chi connectivity index (χ2n) is 7.23. The number of amides is 3. The third-order valence-electron chi connectivity index (χ3n) is 5.29. The summed E-state index contributed by atoms with van der Waals surface area (Å²) in [5, 5.41) is 3.14. The Kier molecular flexibility index (Phi) is 7.28. The second kappa shape index (κ2) is 9.89. The van der Waals surface area contributed by atoms with E-state index < -0.39 is 0 Å². The van der Waals surface area contributed by atoms with Gasteiger partial charge in [0, 0.05) is 52.2 Å². The fraction of sp³-hybridized carbons (Fsp3) is 0.550. The molecular formula is C20H27ClN4O3. The third-order valence-corrected chi connectivity index (χ3v) is 5.62. The molecule has 152 valence electrons. The molecule has 0 aliphatic carbocycles. The molecule has 0 unspecified atom stereocenters. The highest BCUT2D eigenvalue weighted by Gasteiger charge is 2.25. The Bertz CT molecular complexity index is 713. The molecule has 2 aliphatic heterocycles. The van der Waals surface area contributed by atoms with Crippen molar-refractivity contribution in [1.29, 1.82) is 0 Å². The van der Waals surface area contributed by atoms with Crippen LogP contribution in [0.4, 0.5) is 0 Å². The molecule has 1 aromatic carbocycles. The summed E-state index contributed by atoms with van der Waals surface area (Å²) < 4.78 is 0. The predicted octanol–water partition coefficient (Wildman–Crippen LogP) is 1.23. The van der Waals surface area contributed by atoms with Gasteiger partial charge in [0.25, 0.3) is 5.91 Å². The first-order chi connectivity index (χ1) is 13.5. The standard InChI is InChI=1S/C20H27ClN4O3/c21-17-6-2-1-5-16(17)20(28)22-8-7-18(26)25-13-11-23(12-14-25)15-19(27)24-9-3-4-10-24/h1-2,5-6H,3-4,7-15H2,(H,22,28). The molecule has 0 radical (unpaired) electrons. The minimum absolute atomic E-state index is 0.0185. The van der Waals surface area contributed by atoms with Crippen molar-refractivity contribution in [3.63, 3.8) is 0 Å². The van der Waals surface area contributed by atoms with Crippen LogP contribution in [0.2, 0.25) is 5.02 Å². The van der Waals surface area contributed by atoms with Gasteiger partial charge in [0.15, 0.2) is 0 Å². The molecule has 28 heavy (non-hydrogen) atoms. The molecule has 0 bridgehead atoms. The van der Waals surface area contributed by atoms with E-state index in [4.69, 9.17) is 11.6 Å². The lowest BCUT2D eigenvalue weighted by molar-refractivity contribution is -0.134. The molecule has 1 N–H and O–H groups in total. The number of piperazine rings is 1. The highest BCUT2D eigenvalue weighted by Crippen LogP contribution is 2.14. The Morgan fingerprint density at radius 1 is 0.893 bits per heavy atom. The van der Waals surface area contributed by atoms with Gasteiger partial charge in [0.05, 0.1) is 17.1 Å². The minimum atomic E-state index is -0.274. The fourth-order valence-electron chi connectivity index (χ4n) is 3.59. The van der Waals surface area contributed by atoms with Crippen molar-refractivity contribution in [2.75, 3.05) is 52.4 Å². The molecule has 0 saturated carbocycles. The van der Waals surface area contributed by atoms with E-state index >= 15 is 0 Å². The van der Waals surface area contributed by atoms with Crippen molar-refractivity contribution in [1.82, 2.24) is 20.0 Å². The molecule has 8 heteroatoms. The zero-order chi connectivity index (χ0) is 19.9.